The van der Waals surface area contributed by atoms with Crippen LogP contribution in [-0.4, -0.2) is 9.36 Å². The molecular weight excluding hydrogens is 324 g/mol. The van der Waals surface area contributed by atoms with Gasteiger partial charge in [0.15, 0.2) is 0 Å². The number of aromatic nitrogens is 2. The van der Waals surface area contributed by atoms with Crippen LogP contribution in [-0.2, 0) is 6.42 Å². The van der Waals surface area contributed by atoms with Gasteiger partial charge in [0.2, 0.25) is 0 Å². The van der Waals surface area contributed by atoms with Crippen molar-refractivity contribution in [2.75, 3.05) is 0 Å². The Morgan fingerprint density at radius 3 is 2.74 bits per heavy atom. The highest BCUT2D eigenvalue weighted by molar-refractivity contribution is 9.10. The zero-order valence-corrected chi connectivity index (χ0v) is 12.7. The Morgan fingerprint density at radius 2 is 1.95 bits per heavy atom. The van der Waals surface area contributed by atoms with Crippen LogP contribution in [0.3, 0.4) is 0 Å². The summed E-state index contributed by atoms with van der Waals surface area (Å²) >= 11 is 4.75. The highest BCUT2D eigenvalue weighted by Gasteiger charge is 2.05. The molecule has 0 aliphatic carbocycles. The summed E-state index contributed by atoms with van der Waals surface area (Å²) in [5, 5.41) is 2.91. The largest absolute Gasteiger partial charge is 0.430 e. The first-order chi connectivity index (χ1) is 9.24. The Bertz CT molecular complexity index is 726. The van der Waals surface area contributed by atoms with Crippen LogP contribution >= 0.6 is 27.5 Å². The van der Waals surface area contributed by atoms with Gasteiger partial charge in [0.1, 0.15) is 11.6 Å². The van der Waals surface area contributed by atoms with Gasteiger partial charge in [-0.15, -0.1) is 0 Å². The summed E-state index contributed by atoms with van der Waals surface area (Å²) in [6.45, 7) is 2.03. The SMILES string of the molecule is CCc1nsc(Oc2ccc3cc(Br)ccc3c2)n1. The number of halogens is 1. The van der Waals surface area contributed by atoms with E-state index in [-0.39, 0.29) is 0 Å². The summed E-state index contributed by atoms with van der Waals surface area (Å²) in [5.74, 6) is 1.61. The Hall–Kier alpha value is -1.46. The predicted molar refractivity (Wildman–Crippen MR) is 81.0 cm³/mol. The number of rotatable bonds is 3. The minimum atomic E-state index is 0.591. The molecule has 0 amide bonds. The van der Waals surface area contributed by atoms with Gasteiger partial charge < -0.3 is 4.74 Å². The van der Waals surface area contributed by atoms with Crippen molar-refractivity contribution >= 4 is 38.2 Å². The third-order valence-corrected chi connectivity index (χ3v) is 3.87. The lowest BCUT2D eigenvalue weighted by molar-refractivity contribution is 0.478. The lowest BCUT2D eigenvalue weighted by Gasteiger charge is -2.03. The van der Waals surface area contributed by atoms with Gasteiger partial charge >= 0.3 is 0 Å². The van der Waals surface area contributed by atoms with E-state index < -0.39 is 0 Å². The topological polar surface area (TPSA) is 35.0 Å². The van der Waals surface area contributed by atoms with Crippen LogP contribution in [0.15, 0.2) is 40.9 Å². The maximum Gasteiger partial charge on any atom is 0.298 e. The number of ether oxygens (including phenoxy) is 1. The molecule has 0 saturated heterocycles. The third-order valence-electron chi connectivity index (χ3n) is 2.74. The molecule has 3 nitrogen and oxygen atoms in total. The fourth-order valence-corrected chi connectivity index (χ4v) is 2.79. The van der Waals surface area contributed by atoms with Gasteiger partial charge in [0.25, 0.3) is 5.19 Å². The molecule has 0 N–H and O–H groups in total. The van der Waals surface area contributed by atoms with Gasteiger partial charge in [-0.2, -0.15) is 9.36 Å². The molecular formula is C14H11BrN2OS. The number of fused-ring (bicyclic) bond motifs is 1. The fourth-order valence-electron chi connectivity index (χ4n) is 1.78. The molecule has 0 fully saturated rings. The van der Waals surface area contributed by atoms with Crippen molar-refractivity contribution in [1.82, 2.24) is 9.36 Å². The summed E-state index contributed by atoms with van der Waals surface area (Å²) in [6.07, 6.45) is 0.825. The van der Waals surface area contributed by atoms with Crippen molar-refractivity contribution in [3.63, 3.8) is 0 Å². The van der Waals surface area contributed by atoms with Gasteiger partial charge in [-0.3, -0.25) is 0 Å². The second-order valence-electron chi connectivity index (χ2n) is 4.09. The van der Waals surface area contributed by atoms with E-state index >= 15 is 0 Å². The fraction of sp³-hybridized carbons (Fsp3) is 0.143. The molecule has 0 saturated carbocycles. The van der Waals surface area contributed by atoms with E-state index in [0.29, 0.717) is 5.19 Å². The van der Waals surface area contributed by atoms with Crippen molar-refractivity contribution < 1.29 is 4.74 Å². The zero-order valence-electron chi connectivity index (χ0n) is 10.3. The molecule has 1 aromatic heterocycles. The van der Waals surface area contributed by atoms with E-state index in [0.717, 1.165) is 27.9 Å². The summed E-state index contributed by atoms with van der Waals surface area (Å²) in [4.78, 5) is 4.30. The molecule has 0 spiro atoms. The van der Waals surface area contributed by atoms with Gasteiger partial charge in [-0.05, 0) is 35.0 Å². The number of aryl methyl sites for hydroxylation is 1. The third kappa shape index (κ3) is 2.77. The molecule has 0 bridgehead atoms. The first-order valence-corrected chi connectivity index (χ1v) is 7.51. The number of benzene rings is 2. The molecule has 0 radical (unpaired) electrons. The van der Waals surface area contributed by atoms with Crippen LogP contribution in [0.5, 0.6) is 10.9 Å². The Labute approximate surface area is 123 Å². The molecule has 5 heteroatoms. The van der Waals surface area contributed by atoms with Crippen molar-refractivity contribution in [3.05, 3.63) is 46.7 Å². The standard InChI is InChI=1S/C14H11BrN2OS/c1-2-13-16-14(19-17-13)18-12-6-4-9-7-11(15)5-3-10(9)8-12/h3-8H,2H2,1H3. The Morgan fingerprint density at radius 1 is 1.16 bits per heavy atom. The molecule has 1 heterocycles. The maximum atomic E-state index is 5.73. The lowest BCUT2D eigenvalue weighted by Crippen LogP contribution is -1.85. The molecule has 0 aliphatic rings. The van der Waals surface area contributed by atoms with Gasteiger partial charge in [-0.1, -0.05) is 35.0 Å². The monoisotopic (exact) mass is 334 g/mol. The first-order valence-electron chi connectivity index (χ1n) is 5.94. The maximum absolute atomic E-state index is 5.73. The minimum absolute atomic E-state index is 0.591. The quantitative estimate of drug-likeness (QED) is 0.689. The Kier molecular flexibility index (Phi) is 3.48. The number of hydrogen-bond acceptors (Lipinski definition) is 4. The zero-order chi connectivity index (χ0) is 13.2. The van der Waals surface area contributed by atoms with Gasteiger partial charge in [0, 0.05) is 22.4 Å². The van der Waals surface area contributed by atoms with Crippen molar-refractivity contribution in [2.24, 2.45) is 0 Å². The van der Waals surface area contributed by atoms with Crippen molar-refractivity contribution in [3.8, 4) is 10.9 Å². The van der Waals surface area contributed by atoms with Crippen LogP contribution < -0.4 is 4.74 Å². The van der Waals surface area contributed by atoms with E-state index in [1.807, 2.05) is 31.2 Å². The summed E-state index contributed by atoms with van der Waals surface area (Å²) in [7, 11) is 0. The smallest absolute Gasteiger partial charge is 0.298 e. The van der Waals surface area contributed by atoms with E-state index in [2.05, 4.69) is 37.4 Å². The highest BCUT2D eigenvalue weighted by Crippen LogP contribution is 2.28. The van der Waals surface area contributed by atoms with Crippen molar-refractivity contribution in [1.29, 1.82) is 0 Å². The summed E-state index contributed by atoms with van der Waals surface area (Å²) in [6, 6.07) is 12.2. The molecule has 3 rings (SSSR count). The number of nitrogens with zero attached hydrogens (tertiary/aromatic N) is 2. The van der Waals surface area contributed by atoms with Crippen LogP contribution in [0.2, 0.25) is 0 Å². The van der Waals surface area contributed by atoms with Crippen LogP contribution in [0.1, 0.15) is 12.7 Å². The molecule has 0 unspecified atom stereocenters. The van der Waals surface area contributed by atoms with Gasteiger partial charge in [0.05, 0.1) is 0 Å². The van der Waals surface area contributed by atoms with E-state index in [4.69, 9.17) is 4.74 Å². The second-order valence-corrected chi connectivity index (χ2v) is 5.72. The lowest BCUT2D eigenvalue weighted by atomic mass is 10.1. The molecule has 0 atom stereocenters. The van der Waals surface area contributed by atoms with Crippen LogP contribution in [0.25, 0.3) is 10.8 Å². The average molecular weight is 335 g/mol. The van der Waals surface area contributed by atoms with E-state index in [9.17, 15) is 0 Å². The second kappa shape index (κ2) is 5.27. The predicted octanol–water partition coefficient (Wildman–Crippen LogP) is 4.81. The number of hydrogen-bond donors (Lipinski definition) is 0. The molecule has 0 aliphatic heterocycles. The molecule has 2 aromatic carbocycles. The molecule has 3 aromatic rings. The molecule has 96 valence electrons. The first kappa shape index (κ1) is 12.6. The van der Waals surface area contributed by atoms with Crippen LogP contribution in [0, 0.1) is 0 Å². The summed E-state index contributed by atoms with van der Waals surface area (Å²) in [5.41, 5.74) is 0. The highest BCUT2D eigenvalue weighted by atomic mass is 79.9. The summed E-state index contributed by atoms with van der Waals surface area (Å²) < 4.78 is 11.0. The molecule has 19 heavy (non-hydrogen) atoms. The minimum Gasteiger partial charge on any atom is -0.430 e. The van der Waals surface area contributed by atoms with E-state index in [1.165, 1.54) is 16.9 Å². The average Bonchev–Trinajstić information content (AvgIpc) is 2.86. The normalized spacial score (nSPS) is 10.8. The van der Waals surface area contributed by atoms with Gasteiger partial charge in [-0.25, -0.2) is 0 Å². The van der Waals surface area contributed by atoms with E-state index in [1.54, 1.807) is 0 Å². The van der Waals surface area contributed by atoms with Crippen LogP contribution in [0.4, 0.5) is 0 Å². The van der Waals surface area contributed by atoms with Crippen molar-refractivity contribution in [2.45, 2.75) is 13.3 Å². The Balaban J connectivity index is 1.90.